The van der Waals surface area contributed by atoms with Gasteiger partial charge in [0.25, 0.3) is 0 Å². The van der Waals surface area contributed by atoms with Gasteiger partial charge in [0.15, 0.2) is 11.5 Å². The molecule has 2 rings (SSSR count). The number of carbonyl (C=O) groups is 1. The molecule has 0 fully saturated rings. The van der Waals surface area contributed by atoms with Gasteiger partial charge in [-0.05, 0) is 37.6 Å². The summed E-state index contributed by atoms with van der Waals surface area (Å²) in [7, 11) is 3.20. The molecule has 24 heavy (non-hydrogen) atoms. The molecule has 0 saturated carbocycles. The van der Waals surface area contributed by atoms with E-state index in [0.29, 0.717) is 11.5 Å². The lowest BCUT2D eigenvalue weighted by Crippen LogP contribution is -2.33. The zero-order chi connectivity index (χ0) is 17.5. The molecule has 0 aliphatic carbocycles. The summed E-state index contributed by atoms with van der Waals surface area (Å²) in [6, 6.07) is 15.6. The number of nitrogens with one attached hydrogen (secondary N) is 1. The van der Waals surface area contributed by atoms with Crippen LogP contribution >= 0.6 is 11.8 Å². The van der Waals surface area contributed by atoms with Gasteiger partial charge in [0.2, 0.25) is 5.91 Å². The number of amides is 1. The Morgan fingerprint density at radius 3 is 2.29 bits per heavy atom. The Kier molecular flexibility index (Phi) is 6.55. The third kappa shape index (κ3) is 4.68. The molecule has 0 saturated heterocycles. The fourth-order valence-electron chi connectivity index (χ4n) is 2.30. The lowest BCUT2D eigenvalue weighted by atomic mass is 10.1. The van der Waals surface area contributed by atoms with Gasteiger partial charge in [-0.2, -0.15) is 0 Å². The molecule has 1 N–H and O–H groups in total. The molecule has 0 unspecified atom stereocenters. The van der Waals surface area contributed by atoms with E-state index in [-0.39, 0.29) is 17.2 Å². The van der Waals surface area contributed by atoms with Crippen molar-refractivity contribution >= 4 is 17.7 Å². The van der Waals surface area contributed by atoms with Gasteiger partial charge < -0.3 is 14.8 Å². The number of hydrogen-bond acceptors (Lipinski definition) is 4. The van der Waals surface area contributed by atoms with Crippen LogP contribution in [0.2, 0.25) is 0 Å². The second-order valence-corrected chi connectivity index (χ2v) is 6.83. The molecule has 2 aromatic carbocycles. The first-order chi connectivity index (χ1) is 11.5. The number of rotatable bonds is 7. The van der Waals surface area contributed by atoms with Crippen LogP contribution in [-0.2, 0) is 4.79 Å². The van der Waals surface area contributed by atoms with Gasteiger partial charge in [0.1, 0.15) is 0 Å². The largest absolute Gasteiger partial charge is 0.493 e. The topological polar surface area (TPSA) is 47.6 Å². The highest BCUT2D eigenvalue weighted by Gasteiger charge is 2.18. The predicted octanol–water partition coefficient (Wildman–Crippen LogP) is 4.06. The molecule has 2 aromatic rings. The molecule has 0 spiro atoms. The first-order valence-corrected chi connectivity index (χ1v) is 8.67. The van der Waals surface area contributed by atoms with E-state index in [1.54, 1.807) is 14.2 Å². The molecule has 1 amide bonds. The van der Waals surface area contributed by atoms with Gasteiger partial charge in [0.05, 0.1) is 25.5 Å². The third-order valence-corrected chi connectivity index (χ3v) is 4.79. The molecule has 4 nitrogen and oxygen atoms in total. The molecule has 0 radical (unpaired) electrons. The summed E-state index contributed by atoms with van der Waals surface area (Å²) in [6.07, 6.45) is 0. The second-order valence-electron chi connectivity index (χ2n) is 5.42. The third-order valence-electron chi connectivity index (χ3n) is 3.70. The highest BCUT2D eigenvalue weighted by molar-refractivity contribution is 8.00. The highest BCUT2D eigenvalue weighted by Crippen LogP contribution is 2.33. The molecule has 0 bridgehead atoms. The molecular weight excluding hydrogens is 322 g/mol. The van der Waals surface area contributed by atoms with Crippen LogP contribution in [0.4, 0.5) is 0 Å². The van der Waals surface area contributed by atoms with Crippen molar-refractivity contribution in [3.8, 4) is 11.5 Å². The minimum Gasteiger partial charge on any atom is -0.493 e. The van der Waals surface area contributed by atoms with E-state index < -0.39 is 0 Å². The lowest BCUT2D eigenvalue weighted by Gasteiger charge is -2.18. The van der Waals surface area contributed by atoms with Gasteiger partial charge >= 0.3 is 0 Å². The van der Waals surface area contributed by atoms with Gasteiger partial charge in [-0.3, -0.25) is 4.79 Å². The van der Waals surface area contributed by atoms with Gasteiger partial charge in [-0.25, -0.2) is 0 Å². The van der Waals surface area contributed by atoms with Crippen molar-refractivity contribution in [1.82, 2.24) is 5.32 Å². The average Bonchev–Trinajstić information content (AvgIpc) is 2.62. The van der Waals surface area contributed by atoms with Crippen LogP contribution in [0.25, 0.3) is 0 Å². The van der Waals surface area contributed by atoms with E-state index in [4.69, 9.17) is 9.47 Å². The highest BCUT2D eigenvalue weighted by atomic mass is 32.2. The van der Waals surface area contributed by atoms with E-state index in [1.165, 1.54) is 11.8 Å². The maximum Gasteiger partial charge on any atom is 0.233 e. The van der Waals surface area contributed by atoms with Crippen LogP contribution in [0.1, 0.15) is 25.5 Å². The van der Waals surface area contributed by atoms with Crippen LogP contribution in [0.5, 0.6) is 11.5 Å². The first kappa shape index (κ1) is 18.2. The zero-order valence-corrected chi connectivity index (χ0v) is 15.2. The Bertz CT molecular complexity index is 676. The first-order valence-electron chi connectivity index (χ1n) is 7.79. The molecule has 0 aromatic heterocycles. The van der Waals surface area contributed by atoms with Crippen molar-refractivity contribution in [2.45, 2.75) is 30.0 Å². The maximum absolute atomic E-state index is 12.4. The SMILES string of the molecule is COc1ccc(S[C@@H](C)C(=O)N[C@H](C)c2ccccc2)cc1OC. The Balaban J connectivity index is 1.99. The van der Waals surface area contributed by atoms with Gasteiger partial charge in [-0.1, -0.05) is 30.3 Å². The number of hydrogen-bond donors (Lipinski definition) is 1. The fourth-order valence-corrected chi connectivity index (χ4v) is 3.21. The summed E-state index contributed by atoms with van der Waals surface area (Å²) in [6.45, 7) is 3.88. The van der Waals surface area contributed by atoms with Crippen molar-refractivity contribution in [3.63, 3.8) is 0 Å². The molecule has 2 atom stereocenters. The second kappa shape index (κ2) is 8.64. The van der Waals surface area contributed by atoms with E-state index in [9.17, 15) is 4.79 Å². The normalized spacial score (nSPS) is 13.0. The van der Waals surface area contributed by atoms with Crippen LogP contribution in [0.3, 0.4) is 0 Å². The monoisotopic (exact) mass is 345 g/mol. The van der Waals surface area contributed by atoms with Crippen LogP contribution in [-0.4, -0.2) is 25.4 Å². The predicted molar refractivity (Wildman–Crippen MR) is 97.9 cm³/mol. The van der Waals surface area contributed by atoms with Crippen molar-refractivity contribution in [2.75, 3.05) is 14.2 Å². The number of ether oxygens (including phenoxy) is 2. The number of thioether (sulfide) groups is 1. The average molecular weight is 345 g/mol. The van der Waals surface area contributed by atoms with E-state index in [2.05, 4.69) is 5.32 Å². The Morgan fingerprint density at radius 2 is 1.67 bits per heavy atom. The quantitative estimate of drug-likeness (QED) is 0.769. The van der Waals surface area contributed by atoms with Crippen molar-refractivity contribution in [2.24, 2.45) is 0 Å². The minimum atomic E-state index is -0.214. The number of methoxy groups -OCH3 is 2. The molecule has 5 heteroatoms. The number of carbonyl (C=O) groups excluding carboxylic acids is 1. The molecular formula is C19H23NO3S. The summed E-state index contributed by atoms with van der Waals surface area (Å²) < 4.78 is 10.5. The lowest BCUT2D eigenvalue weighted by molar-refractivity contribution is -0.120. The smallest absolute Gasteiger partial charge is 0.233 e. The molecule has 128 valence electrons. The molecule has 0 aliphatic rings. The Morgan fingerprint density at radius 1 is 1.00 bits per heavy atom. The van der Waals surface area contributed by atoms with Crippen molar-refractivity contribution in [1.29, 1.82) is 0 Å². The Hall–Kier alpha value is -2.14. The summed E-state index contributed by atoms with van der Waals surface area (Å²) >= 11 is 1.49. The maximum atomic E-state index is 12.4. The number of benzene rings is 2. The van der Waals surface area contributed by atoms with E-state index in [1.807, 2.05) is 62.4 Å². The molecule has 0 aliphatic heterocycles. The van der Waals surface area contributed by atoms with Gasteiger partial charge in [0, 0.05) is 4.90 Å². The standard InChI is InChI=1S/C19H23NO3S/c1-13(15-8-6-5-7-9-15)20-19(21)14(2)24-16-10-11-17(22-3)18(12-16)23-4/h5-14H,1-4H3,(H,20,21)/t13-,14+/m1/s1. The van der Waals surface area contributed by atoms with Crippen molar-refractivity contribution in [3.05, 3.63) is 54.1 Å². The van der Waals surface area contributed by atoms with E-state index in [0.717, 1.165) is 10.5 Å². The van der Waals surface area contributed by atoms with Crippen LogP contribution < -0.4 is 14.8 Å². The van der Waals surface area contributed by atoms with E-state index >= 15 is 0 Å². The Labute approximate surface area is 147 Å². The summed E-state index contributed by atoms with van der Waals surface area (Å²) in [5, 5.41) is 2.84. The van der Waals surface area contributed by atoms with Crippen LogP contribution in [0.15, 0.2) is 53.4 Å². The molecule has 0 heterocycles. The summed E-state index contributed by atoms with van der Waals surface area (Å²) in [5.41, 5.74) is 1.09. The van der Waals surface area contributed by atoms with Gasteiger partial charge in [-0.15, -0.1) is 11.8 Å². The van der Waals surface area contributed by atoms with Crippen LogP contribution in [0, 0.1) is 0 Å². The zero-order valence-electron chi connectivity index (χ0n) is 14.4. The summed E-state index contributed by atoms with van der Waals surface area (Å²) in [5.74, 6) is 1.34. The van der Waals surface area contributed by atoms with Crippen molar-refractivity contribution < 1.29 is 14.3 Å². The summed E-state index contributed by atoms with van der Waals surface area (Å²) in [4.78, 5) is 13.4. The minimum absolute atomic E-state index is 0.00568. The fraction of sp³-hybridized carbons (Fsp3) is 0.316.